The second-order valence-electron chi connectivity index (χ2n) is 5.94. The van der Waals surface area contributed by atoms with E-state index < -0.39 is 5.97 Å². The van der Waals surface area contributed by atoms with Crippen molar-refractivity contribution < 1.29 is 19.1 Å². The predicted octanol–water partition coefficient (Wildman–Crippen LogP) is 3.35. The summed E-state index contributed by atoms with van der Waals surface area (Å²) in [5, 5.41) is 2.80. The number of carbonyl (C=O) groups excluding carboxylic acids is 2. The number of carbonyl (C=O) groups is 2. The zero-order chi connectivity index (χ0) is 18.4. The van der Waals surface area contributed by atoms with Crippen LogP contribution in [-0.2, 0) is 9.53 Å². The molecule has 0 aliphatic carbocycles. The Bertz CT molecular complexity index is 770. The van der Waals surface area contributed by atoms with E-state index in [0.29, 0.717) is 5.56 Å². The van der Waals surface area contributed by atoms with E-state index in [0.717, 1.165) is 22.4 Å². The second kappa shape index (κ2) is 8.33. The van der Waals surface area contributed by atoms with Gasteiger partial charge in [0.15, 0.2) is 6.61 Å². The molecule has 5 heteroatoms. The first-order valence-electron chi connectivity index (χ1n) is 8.08. The summed E-state index contributed by atoms with van der Waals surface area (Å²) < 4.78 is 10.3. The van der Waals surface area contributed by atoms with Crippen molar-refractivity contribution in [2.45, 2.75) is 26.8 Å². The molecule has 0 radical (unpaired) electrons. The molecular formula is C20H23NO4. The summed E-state index contributed by atoms with van der Waals surface area (Å²) >= 11 is 0. The summed E-state index contributed by atoms with van der Waals surface area (Å²) in [7, 11) is 1.59. The molecule has 0 heterocycles. The van der Waals surface area contributed by atoms with Gasteiger partial charge in [-0.1, -0.05) is 18.2 Å². The molecule has 0 aliphatic rings. The van der Waals surface area contributed by atoms with Gasteiger partial charge in [0, 0.05) is 0 Å². The van der Waals surface area contributed by atoms with E-state index in [1.165, 1.54) is 0 Å². The van der Waals surface area contributed by atoms with Gasteiger partial charge in [-0.25, -0.2) is 4.79 Å². The van der Waals surface area contributed by atoms with Gasteiger partial charge < -0.3 is 14.8 Å². The molecule has 132 valence electrons. The summed E-state index contributed by atoms with van der Waals surface area (Å²) in [5.41, 5.74) is 3.46. The van der Waals surface area contributed by atoms with Crippen molar-refractivity contribution in [1.29, 1.82) is 0 Å². The van der Waals surface area contributed by atoms with E-state index >= 15 is 0 Å². The maximum atomic E-state index is 12.0. The number of amides is 1. The van der Waals surface area contributed by atoms with Gasteiger partial charge >= 0.3 is 5.97 Å². The summed E-state index contributed by atoms with van der Waals surface area (Å²) in [6.07, 6.45) is 0. The fourth-order valence-electron chi connectivity index (χ4n) is 2.36. The fraction of sp³-hybridized carbons (Fsp3) is 0.300. The molecule has 0 saturated heterocycles. The molecule has 0 bridgehead atoms. The van der Waals surface area contributed by atoms with Gasteiger partial charge in [-0.2, -0.15) is 0 Å². The topological polar surface area (TPSA) is 64.6 Å². The fourth-order valence-corrected chi connectivity index (χ4v) is 2.36. The van der Waals surface area contributed by atoms with Gasteiger partial charge in [-0.15, -0.1) is 0 Å². The number of esters is 1. The van der Waals surface area contributed by atoms with Gasteiger partial charge in [0.1, 0.15) is 5.75 Å². The van der Waals surface area contributed by atoms with Crippen LogP contribution in [0.1, 0.15) is 40.0 Å². The van der Waals surface area contributed by atoms with Crippen LogP contribution >= 0.6 is 0 Å². The molecule has 1 N–H and O–H groups in total. The molecule has 2 aromatic rings. The summed E-state index contributed by atoms with van der Waals surface area (Å²) in [6, 6.07) is 12.5. The minimum Gasteiger partial charge on any atom is -0.497 e. The van der Waals surface area contributed by atoms with Gasteiger partial charge in [0.25, 0.3) is 5.91 Å². The van der Waals surface area contributed by atoms with E-state index in [1.54, 1.807) is 19.2 Å². The Morgan fingerprint density at radius 1 is 1.08 bits per heavy atom. The molecule has 0 saturated carbocycles. The van der Waals surface area contributed by atoms with Crippen molar-refractivity contribution in [2.75, 3.05) is 13.7 Å². The van der Waals surface area contributed by atoms with Crippen LogP contribution in [0.5, 0.6) is 5.75 Å². The Hall–Kier alpha value is -2.82. The van der Waals surface area contributed by atoms with Gasteiger partial charge in [-0.05, 0) is 61.7 Å². The minimum atomic E-state index is -0.507. The molecule has 0 unspecified atom stereocenters. The first kappa shape index (κ1) is 18.5. The molecule has 25 heavy (non-hydrogen) atoms. The Kier molecular flexibility index (Phi) is 6.17. The molecule has 0 spiro atoms. The number of rotatable bonds is 6. The van der Waals surface area contributed by atoms with Crippen LogP contribution in [0.2, 0.25) is 0 Å². The lowest BCUT2D eigenvalue weighted by molar-refractivity contribution is -0.124. The Labute approximate surface area is 148 Å². The van der Waals surface area contributed by atoms with Crippen molar-refractivity contribution in [2.24, 2.45) is 0 Å². The predicted molar refractivity (Wildman–Crippen MR) is 95.8 cm³/mol. The molecule has 0 aliphatic heterocycles. The van der Waals surface area contributed by atoms with Gasteiger partial charge in [-0.3, -0.25) is 4.79 Å². The lowest BCUT2D eigenvalue weighted by Crippen LogP contribution is -2.31. The van der Waals surface area contributed by atoms with Crippen LogP contribution in [0.25, 0.3) is 0 Å². The zero-order valence-corrected chi connectivity index (χ0v) is 15.0. The molecule has 1 atom stereocenters. The van der Waals surface area contributed by atoms with Crippen LogP contribution in [0, 0.1) is 13.8 Å². The number of nitrogens with one attached hydrogen (secondary N) is 1. The number of ether oxygens (including phenoxy) is 2. The van der Waals surface area contributed by atoms with Crippen molar-refractivity contribution in [1.82, 2.24) is 5.32 Å². The normalized spacial score (nSPS) is 11.5. The smallest absolute Gasteiger partial charge is 0.338 e. The highest BCUT2D eigenvalue weighted by molar-refractivity contribution is 5.91. The van der Waals surface area contributed by atoms with Crippen LogP contribution in [0.4, 0.5) is 0 Å². The van der Waals surface area contributed by atoms with Crippen LogP contribution in [0.15, 0.2) is 42.5 Å². The van der Waals surface area contributed by atoms with E-state index in [4.69, 9.17) is 9.47 Å². The van der Waals surface area contributed by atoms with Crippen molar-refractivity contribution in [3.05, 3.63) is 64.7 Å². The summed E-state index contributed by atoms with van der Waals surface area (Å²) in [4.78, 5) is 24.1. The van der Waals surface area contributed by atoms with Gasteiger partial charge in [0.2, 0.25) is 0 Å². The summed E-state index contributed by atoms with van der Waals surface area (Å²) in [5.74, 6) is -0.139. The number of hydrogen-bond donors (Lipinski definition) is 1. The molecule has 0 aromatic heterocycles. The molecule has 2 aromatic carbocycles. The lowest BCUT2D eigenvalue weighted by atomic mass is 10.1. The lowest BCUT2D eigenvalue weighted by Gasteiger charge is -2.15. The Morgan fingerprint density at radius 3 is 2.52 bits per heavy atom. The number of benzene rings is 2. The largest absolute Gasteiger partial charge is 0.497 e. The highest BCUT2D eigenvalue weighted by Gasteiger charge is 2.14. The number of aryl methyl sites for hydroxylation is 2. The average molecular weight is 341 g/mol. The first-order valence-corrected chi connectivity index (χ1v) is 8.08. The highest BCUT2D eigenvalue weighted by atomic mass is 16.5. The molecular weight excluding hydrogens is 318 g/mol. The minimum absolute atomic E-state index is 0.220. The third-order valence-electron chi connectivity index (χ3n) is 4.05. The standard InChI is InChI=1S/C20H23NO4/c1-13-8-9-17(10-14(13)2)20(23)25-12-19(22)21-15(3)16-6-5-7-18(11-16)24-4/h5-11,15H,12H2,1-4H3,(H,21,22)/t15-/m1/s1. The van der Waals surface area contributed by atoms with Crippen molar-refractivity contribution in [3.8, 4) is 5.75 Å². The molecule has 2 rings (SSSR count). The zero-order valence-electron chi connectivity index (χ0n) is 15.0. The van der Waals surface area contributed by atoms with Crippen LogP contribution in [0.3, 0.4) is 0 Å². The Balaban J connectivity index is 1.89. The maximum absolute atomic E-state index is 12.0. The maximum Gasteiger partial charge on any atom is 0.338 e. The van der Waals surface area contributed by atoms with Crippen molar-refractivity contribution >= 4 is 11.9 Å². The van der Waals surface area contributed by atoms with E-state index in [1.807, 2.05) is 51.1 Å². The van der Waals surface area contributed by atoms with Crippen LogP contribution in [-0.4, -0.2) is 25.6 Å². The van der Waals surface area contributed by atoms with Crippen LogP contribution < -0.4 is 10.1 Å². The average Bonchev–Trinajstić information content (AvgIpc) is 2.62. The highest BCUT2D eigenvalue weighted by Crippen LogP contribution is 2.18. The van der Waals surface area contributed by atoms with E-state index in [-0.39, 0.29) is 18.6 Å². The molecule has 5 nitrogen and oxygen atoms in total. The number of methoxy groups -OCH3 is 1. The summed E-state index contributed by atoms with van der Waals surface area (Å²) in [6.45, 7) is 5.43. The SMILES string of the molecule is COc1cccc([C@@H](C)NC(=O)COC(=O)c2ccc(C)c(C)c2)c1. The first-order chi connectivity index (χ1) is 11.9. The second-order valence-corrected chi connectivity index (χ2v) is 5.94. The molecule has 0 fully saturated rings. The monoisotopic (exact) mass is 341 g/mol. The third kappa shape index (κ3) is 5.08. The number of hydrogen-bond acceptors (Lipinski definition) is 4. The Morgan fingerprint density at radius 2 is 1.84 bits per heavy atom. The van der Waals surface area contributed by atoms with Gasteiger partial charge in [0.05, 0.1) is 18.7 Å². The molecule has 1 amide bonds. The van der Waals surface area contributed by atoms with E-state index in [9.17, 15) is 9.59 Å². The van der Waals surface area contributed by atoms with E-state index in [2.05, 4.69) is 5.32 Å². The quantitative estimate of drug-likeness (QED) is 0.819. The van der Waals surface area contributed by atoms with Crippen molar-refractivity contribution in [3.63, 3.8) is 0 Å². The third-order valence-corrected chi connectivity index (χ3v) is 4.05.